The minimum Gasteiger partial charge on any atom is -0.395 e. The smallest absolute Gasteiger partial charge is 0.220 e. The van der Waals surface area contributed by atoms with Crippen LogP contribution in [0.25, 0.3) is 0 Å². The van der Waals surface area contributed by atoms with E-state index in [2.05, 4.69) is 5.32 Å². The van der Waals surface area contributed by atoms with Gasteiger partial charge in [-0.2, -0.15) is 0 Å². The molecule has 0 saturated heterocycles. The van der Waals surface area contributed by atoms with Crippen molar-refractivity contribution in [2.24, 2.45) is 0 Å². The van der Waals surface area contributed by atoms with Gasteiger partial charge in [0.05, 0.1) is 11.5 Å². The molecule has 110 valence electrons. The number of amides is 1. The molecule has 1 aromatic rings. The molecule has 0 atom stereocenters. The van der Waals surface area contributed by atoms with E-state index in [0.29, 0.717) is 4.88 Å². The van der Waals surface area contributed by atoms with Gasteiger partial charge in [0, 0.05) is 37.1 Å². The van der Waals surface area contributed by atoms with E-state index >= 15 is 0 Å². The summed E-state index contributed by atoms with van der Waals surface area (Å²) < 4.78 is 0. The van der Waals surface area contributed by atoms with Crippen molar-refractivity contribution in [1.29, 1.82) is 0 Å². The van der Waals surface area contributed by atoms with Crippen LogP contribution in [0, 0.1) is 6.92 Å². The number of hydrogen-bond donors (Lipinski definition) is 2. The Kier molecular flexibility index (Phi) is 7.11. The fraction of sp³-hybridized carbons (Fsp3) is 0.500. The van der Waals surface area contributed by atoms with Crippen LogP contribution >= 0.6 is 11.3 Å². The zero-order chi connectivity index (χ0) is 15.0. The highest BCUT2D eigenvalue weighted by molar-refractivity contribution is 7.14. The fourth-order valence-electron chi connectivity index (χ4n) is 1.62. The number of aliphatic hydroxyl groups excluding tert-OH is 1. The van der Waals surface area contributed by atoms with Crippen molar-refractivity contribution in [1.82, 2.24) is 5.32 Å². The van der Waals surface area contributed by atoms with Crippen molar-refractivity contribution in [3.8, 4) is 0 Å². The summed E-state index contributed by atoms with van der Waals surface area (Å²) in [5.41, 5.74) is 0. The number of carbonyl (C=O) groups is 3. The van der Waals surface area contributed by atoms with Crippen LogP contribution < -0.4 is 5.32 Å². The number of ketones is 2. The molecular weight excluding hydrogens is 278 g/mol. The normalized spacial score (nSPS) is 10.3. The highest BCUT2D eigenvalue weighted by atomic mass is 32.1. The van der Waals surface area contributed by atoms with Crippen molar-refractivity contribution in [2.45, 2.75) is 32.6 Å². The third kappa shape index (κ3) is 6.08. The summed E-state index contributed by atoms with van der Waals surface area (Å²) >= 11 is 1.43. The highest BCUT2D eigenvalue weighted by Gasteiger charge is 2.12. The van der Waals surface area contributed by atoms with Crippen LogP contribution in [-0.2, 0) is 9.59 Å². The lowest BCUT2D eigenvalue weighted by Crippen LogP contribution is -2.26. The van der Waals surface area contributed by atoms with E-state index in [4.69, 9.17) is 5.11 Å². The molecular formula is C14H19NO4S. The molecule has 0 unspecified atom stereocenters. The third-order valence-electron chi connectivity index (χ3n) is 2.71. The molecule has 2 N–H and O–H groups in total. The Bertz CT molecular complexity index is 481. The first-order chi connectivity index (χ1) is 9.52. The fourth-order valence-corrected chi connectivity index (χ4v) is 2.46. The Morgan fingerprint density at radius 1 is 1.15 bits per heavy atom. The van der Waals surface area contributed by atoms with Crippen LogP contribution in [-0.4, -0.2) is 35.7 Å². The molecule has 5 nitrogen and oxygen atoms in total. The van der Waals surface area contributed by atoms with Crippen LogP contribution in [0.5, 0.6) is 0 Å². The van der Waals surface area contributed by atoms with Crippen molar-refractivity contribution in [3.63, 3.8) is 0 Å². The first-order valence-electron chi connectivity index (χ1n) is 6.52. The summed E-state index contributed by atoms with van der Waals surface area (Å²) in [4.78, 5) is 36.4. The van der Waals surface area contributed by atoms with E-state index in [9.17, 15) is 14.4 Å². The quantitative estimate of drug-likeness (QED) is 0.676. The molecule has 0 saturated carbocycles. The summed E-state index contributed by atoms with van der Waals surface area (Å²) in [5, 5.41) is 11.0. The summed E-state index contributed by atoms with van der Waals surface area (Å²) in [5.74, 6) is -0.375. The van der Waals surface area contributed by atoms with E-state index in [-0.39, 0.29) is 56.3 Å². The first kappa shape index (κ1) is 16.5. The van der Waals surface area contributed by atoms with Gasteiger partial charge < -0.3 is 10.4 Å². The van der Waals surface area contributed by atoms with Gasteiger partial charge in [0.2, 0.25) is 5.91 Å². The minimum absolute atomic E-state index is 0.0267. The second-order valence-corrected chi connectivity index (χ2v) is 5.73. The number of rotatable bonds is 9. The van der Waals surface area contributed by atoms with Gasteiger partial charge in [-0.15, -0.1) is 11.3 Å². The third-order valence-corrected chi connectivity index (χ3v) is 3.75. The molecule has 0 radical (unpaired) electrons. The Hall–Kier alpha value is -1.53. The lowest BCUT2D eigenvalue weighted by molar-refractivity contribution is -0.125. The lowest BCUT2D eigenvalue weighted by atomic mass is 10.1. The number of hydrogen-bond acceptors (Lipinski definition) is 5. The predicted octanol–water partition coefficient (Wildman–Crippen LogP) is 1.48. The topological polar surface area (TPSA) is 83.5 Å². The number of aryl methyl sites for hydroxylation is 1. The molecule has 1 rings (SSSR count). The van der Waals surface area contributed by atoms with Crippen molar-refractivity contribution in [3.05, 3.63) is 21.9 Å². The SMILES string of the molecule is Cc1ccc(C(=O)CCC(=O)CCC(=O)NCCO)s1. The molecule has 0 aliphatic carbocycles. The molecule has 0 fully saturated rings. The Morgan fingerprint density at radius 2 is 1.85 bits per heavy atom. The highest BCUT2D eigenvalue weighted by Crippen LogP contribution is 2.17. The minimum atomic E-state index is -0.257. The zero-order valence-corrected chi connectivity index (χ0v) is 12.3. The van der Waals surface area contributed by atoms with Gasteiger partial charge in [0.1, 0.15) is 5.78 Å². The summed E-state index contributed by atoms with van der Waals surface area (Å²) in [6.45, 7) is 2.01. The molecule has 0 bridgehead atoms. The van der Waals surface area contributed by atoms with Gasteiger partial charge in [-0.3, -0.25) is 14.4 Å². The van der Waals surface area contributed by atoms with E-state index in [0.717, 1.165) is 4.88 Å². The van der Waals surface area contributed by atoms with Gasteiger partial charge in [0.25, 0.3) is 0 Å². The maximum atomic E-state index is 11.8. The molecule has 1 heterocycles. The van der Waals surface area contributed by atoms with E-state index in [1.165, 1.54) is 11.3 Å². The van der Waals surface area contributed by atoms with Crippen molar-refractivity contribution < 1.29 is 19.5 Å². The molecule has 0 aliphatic heterocycles. The van der Waals surface area contributed by atoms with Gasteiger partial charge in [0.15, 0.2) is 5.78 Å². The first-order valence-corrected chi connectivity index (χ1v) is 7.33. The average Bonchev–Trinajstić information content (AvgIpc) is 2.86. The molecule has 1 amide bonds. The number of carbonyl (C=O) groups excluding carboxylic acids is 3. The summed E-state index contributed by atoms with van der Waals surface area (Å²) in [6, 6.07) is 3.65. The molecule has 0 aliphatic rings. The van der Waals surface area contributed by atoms with Crippen LogP contribution in [0.3, 0.4) is 0 Å². The molecule has 0 aromatic carbocycles. The summed E-state index contributed by atoms with van der Waals surface area (Å²) in [7, 11) is 0. The second-order valence-electron chi connectivity index (χ2n) is 4.45. The number of nitrogens with one attached hydrogen (secondary N) is 1. The molecule has 1 aromatic heterocycles. The lowest BCUT2D eigenvalue weighted by Gasteiger charge is -2.02. The van der Waals surface area contributed by atoms with Gasteiger partial charge in [-0.25, -0.2) is 0 Å². The van der Waals surface area contributed by atoms with E-state index in [1.807, 2.05) is 13.0 Å². The number of aliphatic hydroxyl groups is 1. The van der Waals surface area contributed by atoms with Crippen LogP contribution in [0.15, 0.2) is 12.1 Å². The maximum Gasteiger partial charge on any atom is 0.220 e. The van der Waals surface area contributed by atoms with Gasteiger partial charge in [-0.1, -0.05) is 0 Å². The Balaban J connectivity index is 2.23. The monoisotopic (exact) mass is 297 g/mol. The second kappa shape index (κ2) is 8.60. The molecule has 0 spiro atoms. The number of thiophene rings is 1. The average molecular weight is 297 g/mol. The predicted molar refractivity (Wildman–Crippen MR) is 77.0 cm³/mol. The standard InChI is InChI=1S/C14H19NO4S/c1-10-2-6-13(20-10)12(18)5-3-11(17)4-7-14(19)15-8-9-16/h2,6,16H,3-5,7-9H2,1H3,(H,15,19). The summed E-state index contributed by atoms with van der Waals surface area (Å²) in [6.07, 6.45) is 0.596. The van der Waals surface area contributed by atoms with Gasteiger partial charge in [-0.05, 0) is 19.1 Å². The Morgan fingerprint density at radius 3 is 2.45 bits per heavy atom. The van der Waals surface area contributed by atoms with Crippen LogP contribution in [0.1, 0.15) is 40.2 Å². The van der Waals surface area contributed by atoms with E-state index in [1.54, 1.807) is 6.07 Å². The van der Waals surface area contributed by atoms with E-state index < -0.39 is 0 Å². The largest absolute Gasteiger partial charge is 0.395 e. The number of Topliss-reactive ketones (excluding diaryl/α,β-unsaturated/α-hetero) is 2. The van der Waals surface area contributed by atoms with Crippen molar-refractivity contribution in [2.75, 3.05) is 13.2 Å². The van der Waals surface area contributed by atoms with Crippen LogP contribution in [0.4, 0.5) is 0 Å². The molecule has 20 heavy (non-hydrogen) atoms. The Labute approximate surface area is 122 Å². The zero-order valence-electron chi connectivity index (χ0n) is 11.5. The maximum absolute atomic E-state index is 11.8. The van der Waals surface area contributed by atoms with Crippen LogP contribution in [0.2, 0.25) is 0 Å². The van der Waals surface area contributed by atoms with Crippen molar-refractivity contribution >= 4 is 28.8 Å². The molecule has 6 heteroatoms. The van der Waals surface area contributed by atoms with Gasteiger partial charge >= 0.3 is 0 Å².